The molecular weight excluding hydrogens is 262 g/mol. The summed E-state index contributed by atoms with van der Waals surface area (Å²) < 4.78 is 5.55. The molecule has 0 aliphatic heterocycles. The monoisotopic (exact) mass is 277 g/mol. The molecule has 0 aromatic heterocycles. The largest absolute Gasteiger partial charge is 0.489 e. The van der Waals surface area contributed by atoms with Crippen molar-refractivity contribution in [1.82, 2.24) is 0 Å². The maximum atomic E-state index is 10.0. The Bertz CT molecular complexity index is 555. The molecule has 0 saturated heterocycles. The number of hydrogen-bond acceptors (Lipinski definition) is 3. The first-order valence-corrected chi connectivity index (χ1v) is 6.36. The van der Waals surface area contributed by atoms with Gasteiger partial charge >= 0.3 is 0 Å². The number of benzene rings is 2. The molecule has 2 rings (SSSR count). The molecule has 0 amide bonds. The Morgan fingerprint density at radius 1 is 1.21 bits per heavy atom. The molecule has 0 aliphatic rings. The molecule has 0 aliphatic carbocycles. The fourth-order valence-corrected chi connectivity index (χ4v) is 1.88. The topological polar surface area (TPSA) is 55.5 Å². The lowest BCUT2D eigenvalue weighted by Gasteiger charge is -2.14. The molecular formula is C15H16ClNO2. The SMILES string of the molecule is Cc1ccc(Cl)c(OCC(O)c2ccc(N)cc2)c1. The predicted octanol–water partition coefficient (Wildman–Crippen LogP) is 3.34. The van der Waals surface area contributed by atoms with E-state index in [0.717, 1.165) is 11.1 Å². The number of nitrogen functional groups attached to an aromatic ring is 1. The van der Waals surface area contributed by atoms with E-state index in [-0.39, 0.29) is 6.61 Å². The normalized spacial score (nSPS) is 12.2. The molecule has 4 heteroatoms. The summed E-state index contributed by atoms with van der Waals surface area (Å²) in [5.41, 5.74) is 8.08. The Kier molecular flexibility index (Phi) is 4.30. The fourth-order valence-electron chi connectivity index (χ4n) is 1.70. The van der Waals surface area contributed by atoms with Crippen molar-refractivity contribution in [3.05, 3.63) is 58.6 Å². The zero-order valence-electron chi connectivity index (χ0n) is 10.6. The van der Waals surface area contributed by atoms with E-state index in [2.05, 4.69) is 0 Å². The van der Waals surface area contributed by atoms with E-state index in [1.165, 1.54) is 0 Å². The van der Waals surface area contributed by atoms with Gasteiger partial charge in [0.1, 0.15) is 18.5 Å². The van der Waals surface area contributed by atoms with E-state index in [1.807, 2.05) is 19.1 Å². The van der Waals surface area contributed by atoms with E-state index in [0.29, 0.717) is 16.5 Å². The third-order valence-corrected chi connectivity index (χ3v) is 3.12. The van der Waals surface area contributed by atoms with Gasteiger partial charge in [-0.2, -0.15) is 0 Å². The highest BCUT2D eigenvalue weighted by Gasteiger charge is 2.10. The lowest BCUT2D eigenvalue weighted by atomic mass is 10.1. The summed E-state index contributed by atoms with van der Waals surface area (Å²) in [4.78, 5) is 0. The first-order chi connectivity index (χ1) is 9.06. The second-order valence-electron chi connectivity index (χ2n) is 4.43. The van der Waals surface area contributed by atoms with Gasteiger partial charge in [0.15, 0.2) is 0 Å². The van der Waals surface area contributed by atoms with Crippen molar-refractivity contribution >= 4 is 17.3 Å². The highest BCUT2D eigenvalue weighted by atomic mass is 35.5. The van der Waals surface area contributed by atoms with E-state index >= 15 is 0 Å². The van der Waals surface area contributed by atoms with Crippen LogP contribution in [0.25, 0.3) is 0 Å². The van der Waals surface area contributed by atoms with Gasteiger partial charge in [0.05, 0.1) is 5.02 Å². The van der Waals surface area contributed by atoms with Gasteiger partial charge in [0.2, 0.25) is 0 Å². The number of aliphatic hydroxyl groups is 1. The Balaban J connectivity index is 2.02. The van der Waals surface area contributed by atoms with Crippen molar-refractivity contribution in [2.75, 3.05) is 12.3 Å². The molecule has 0 saturated carbocycles. The standard InChI is InChI=1S/C15H16ClNO2/c1-10-2-7-13(16)15(8-10)19-9-14(18)11-3-5-12(17)6-4-11/h2-8,14,18H,9,17H2,1H3. The summed E-state index contributed by atoms with van der Waals surface area (Å²) in [6.07, 6.45) is -0.711. The van der Waals surface area contributed by atoms with Crippen molar-refractivity contribution in [1.29, 1.82) is 0 Å². The Morgan fingerprint density at radius 3 is 2.58 bits per heavy atom. The molecule has 2 aromatic carbocycles. The number of anilines is 1. The van der Waals surface area contributed by atoms with Crippen LogP contribution >= 0.6 is 11.6 Å². The van der Waals surface area contributed by atoms with Crippen molar-refractivity contribution in [2.45, 2.75) is 13.0 Å². The van der Waals surface area contributed by atoms with Crippen molar-refractivity contribution in [3.8, 4) is 5.75 Å². The van der Waals surface area contributed by atoms with Crippen LogP contribution in [0.2, 0.25) is 5.02 Å². The van der Waals surface area contributed by atoms with Crippen molar-refractivity contribution < 1.29 is 9.84 Å². The van der Waals surface area contributed by atoms with Crippen LogP contribution in [-0.2, 0) is 0 Å². The summed E-state index contributed by atoms with van der Waals surface area (Å²) in [5.74, 6) is 0.580. The van der Waals surface area contributed by atoms with E-state index in [9.17, 15) is 5.11 Å². The molecule has 0 fully saturated rings. The molecule has 0 spiro atoms. The Morgan fingerprint density at radius 2 is 1.89 bits per heavy atom. The summed E-state index contributed by atoms with van der Waals surface area (Å²) in [6, 6.07) is 12.6. The zero-order chi connectivity index (χ0) is 13.8. The van der Waals surface area contributed by atoms with Gasteiger partial charge in [-0.05, 0) is 42.3 Å². The molecule has 0 bridgehead atoms. The maximum Gasteiger partial charge on any atom is 0.138 e. The van der Waals surface area contributed by atoms with Crippen LogP contribution in [0.1, 0.15) is 17.2 Å². The van der Waals surface area contributed by atoms with Crippen LogP contribution in [0.15, 0.2) is 42.5 Å². The average Bonchev–Trinajstić information content (AvgIpc) is 2.40. The van der Waals surface area contributed by atoms with E-state index in [1.54, 1.807) is 30.3 Å². The number of aryl methyl sites for hydroxylation is 1. The van der Waals surface area contributed by atoms with Crippen molar-refractivity contribution in [2.24, 2.45) is 0 Å². The third-order valence-electron chi connectivity index (χ3n) is 2.80. The highest BCUT2D eigenvalue weighted by molar-refractivity contribution is 6.32. The van der Waals surface area contributed by atoms with Crippen LogP contribution in [0.5, 0.6) is 5.75 Å². The molecule has 1 unspecified atom stereocenters. The average molecular weight is 278 g/mol. The van der Waals surface area contributed by atoms with Gasteiger partial charge in [-0.3, -0.25) is 0 Å². The van der Waals surface area contributed by atoms with Gasteiger partial charge in [-0.25, -0.2) is 0 Å². The molecule has 100 valence electrons. The highest BCUT2D eigenvalue weighted by Crippen LogP contribution is 2.26. The minimum Gasteiger partial charge on any atom is -0.489 e. The summed E-state index contributed by atoms with van der Waals surface area (Å²) in [5, 5.41) is 10.6. The fraction of sp³-hybridized carbons (Fsp3) is 0.200. The lowest BCUT2D eigenvalue weighted by molar-refractivity contribution is 0.108. The van der Waals surface area contributed by atoms with Crippen LogP contribution in [0, 0.1) is 6.92 Å². The number of rotatable bonds is 4. The van der Waals surface area contributed by atoms with Gasteiger partial charge in [0, 0.05) is 5.69 Å². The summed E-state index contributed by atoms with van der Waals surface area (Å²) >= 11 is 6.02. The van der Waals surface area contributed by atoms with Crippen LogP contribution in [0.4, 0.5) is 5.69 Å². The number of halogens is 1. The molecule has 2 aromatic rings. The van der Waals surface area contributed by atoms with Gasteiger partial charge in [0.25, 0.3) is 0 Å². The number of aliphatic hydroxyl groups excluding tert-OH is 1. The quantitative estimate of drug-likeness (QED) is 0.843. The molecule has 19 heavy (non-hydrogen) atoms. The molecule has 0 radical (unpaired) electrons. The zero-order valence-corrected chi connectivity index (χ0v) is 11.4. The lowest BCUT2D eigenvalue weighted by Crippen LogP contribution is -2.10. The second kappa shape index (κ2) is 5.95. The van der Waals surface area contributed by atoms with Gasteiger partial charge in [-0.1, -0.05) is 29.8 Å². The Hall–Kier alpha value is -1.71. The summed E-state index contributed by atoms with van der Waals surface area (Å²) in [7, 11) is 0. The minimum absolute atomic E-state index is 0.146. The summed E-state index contributed by atoms with van der Waals surface area (Å²) in [6.45, 7) is 2.10. The first kappa shape index (κ1) is 13.7. The number of ether oxygens (including phenoxy) is 1. The van der Waals surface area contributed by atoms with Gasteiger partial charge < -0.3 is 15.6 Å². The second-order valence-corrected chi connectivity index (χ2v) is 4.83. The molecule has 3 N–H and O–H groups in total. The van der Waals surface area contributed by atoms with Crippen molar-refractivity contribution in [3.63, 3.8) is 0 Å². The number of nitrogens with two attached hydrogens (primary N) is 1. The molecule has 0 heterocycles. The first-order valence-electron chi connectivity index (χ1n) is 5.98. The number of hydrogen-bond donors (Lipinski definition) is 2. The van der Waals surface area contributed by atoms with Gasteiger partial charge in [-0.15, -0.1) is 0 Å². The smallest absolute Gasteiger partial charge is 0.138 e. The van der Waals surface area contributed by atoms with Crippen LogP contribution < -0.4 is 10.5 Å². The third kappa shape index (κ3) is 3.63. The molecule has 3 nitrogen and oxygen atoms in total. The molecule has 1 atom stereocenters. The minimum atomic E-state index is -0.711. The Labute approximate surface area is 117 Å². The van der Waals surface area contributed by atoms with E-state index < -0.39 is 6.10 Å². The predicted molar refractivity (Wildman–Crippen MR) is 77.5 cm³/mol. The van der Waals surface area contributed by atoms with Crippen LogP contribution in [0.3, 0.4) is 0 Å². The maximum absolute atomic E-state index is 10.0. The van der Waals surface area contributed by atoms with E-state index in [4.69, 9.17) is 22.1 Å². The van der Waals surface area contributed by atoms with Crippen LogP contribution in [-0.4, -0.2) is 11.7 Å².